The van der Waals surface area contributed by atoms with E-state index in [0.717, 1.165) is 0 Å². The molecule has 0 aliphatic carbocycles. The molecule has 4 aromatic rings. The molecule has 1 amide bonds. The normalized spacial score (nSPS) is 18.5. The molecule has 55 heavy (non-hydrogen) atoms. The Hall–Kier alpha value is -5.74. The molecule has 0 spiro atoms. The maximum absolute atomic E-state index is 13.7. The summed E-state index contributed by atoms with van der Waals surface area (Å²) >= 11 is 1.26. The minimum absolute atomic E-state index is 0.0708. The standard InChI is InChI=1S/C31H29N8O7S.CHF3O3S/c1-17-23(22-14-37-16-33-25(30(37)47-22)28(41)20-5-3-11-36(13-20)12-4-10-34-35-32)27(38-26(17)24(18(2)40)29(38)42)31(43)46-15-19-6-8-21(9-7-19)39(44)45;2-1(3,4)8(5,6)7/h3,5-9,11,13-14,16-18,24,26,40H,4,10,12,15H2,1-2H3;(H,5,6,7)/q+1;/p-1/t17-,18+,24+,26?;/m0./s1. The molecule has 0 saturated carbocycles. The molecule has 2 aliphatic rings. The molecule has 23 heteroatoms. The number of aliphatic hydroxyl groups excluding tert-OH is 1. The zero-order valence-electron chi connectivity index (χ0n) is 28.6. The number of aliphatic hydroxyl groups is 1. The lowest BCUT2D eigenvalue weighted by Crippen LogP contribution is -2.63. The molecule has 0 bridgehead atoms. The number of alkyl halides is 3. The van der Waals surface area contributed by atoms with E-state index in [-0.39, 0.29) is 41.3 Å². The van der Waals surface area contributed by atoms with E-state index in [1.165, 1.54) is 46.8 Å². The molecule has 1 saturated heterocycles. The number of fused-ring (bicyclic) bond motifs is 2. The second-order valence-electron chi connectivity index (χ2n) is 12.3. The molecule has 3 aromatic heterocycles. The highest BCUT2D eigenvalue weighted by Gasteiger charge is 2.60. The number of benzene rings is 1. The smallest absolute Gasteiger partial charge is 0.485 e. The van der Waals surface area contributed by atoms with E-state index in [1.807, 2.05) is 17.7 Å². The van der Waals surface area contributed by atoms with Crippen molar-refractivity contribution < 1.29 is 59.9 Å². The largest absolute Gasteiger partial charge is 0.741 e. The zero-order chi connectivity index (χ0) is 40.4. The predicted octanol–water partition coefficient (Wildman–Crippen LogP) is 3.89. The lowest BCUT2D eigenvalue weighted by molar-refractivity contribution is -0.697. The average Bonchev–Trinajstić information content (AvgIpc) is 3.78. The second kappa shape index (κ2) is 15.9. The van der Waals surface area contributed by atoms with E-state index in [1.54, 1.807) is 35.9 Å². The van der Waals surface area contributed by atoms with Crippen molar-refractivity contribution in [2.24, 2.45) is 17.0 Å². The van der Waals surface area contributed by atoms with Crippen molar-refractivity contribution in [3.8, 4) is 0 Å². The van der Waals surface area contributed by atoms with Gasteiger partial charge in [0.15, 0.2) is 22.5 Å². The van der Waals surface area contributed by atoms with Gasteiger partial charge in [-0.3, -0.25) is 24.1 Å². The lowest BCUT2D eigenvalue weighted by atomic mass is 9.77. The number of aromatic nitrogens is 3. The maximum Gasteiger partial charge on any atom is 0.485 e. The minimum Gasteiger partial charge on any atom is -0.741 e. The number of ketones is 1. The number of β-lactam (4-membered cyclic amide) rings is 1. The van der Waals surface area contributed by atoms with Crippen LogP contribution in [0.3, 0.4) is 0 Å². The number of thiazole rings is 1. The number of halogens is 3. The topological polar surface area (TPSA) is 254 Å². The first kappa shape index (κ1) is 40.4. The molecule has 0 radical (unpaired) electrons. The first-order valence-corrected chi connectivity index (χ1v) is 18.3. The van der Waals surface area contributed by atoms with Gasteiger partial charge in [-0.15, -0.1) is 11.3 Å². The van der Waals surface area contributed by atoms with E-state index in [2.05, 4.69) is 15.0 Å². The van der Waals surface area contributed by atoms with Gasteiger partial charge >= 0.3 is 11.5 Å². The van der Waals surface area contributed by atoms with Crippen LogP contribution >= 0.6 is 11.3 Å². The van der Waals surface area contributed by atoms with Crippen LogP contribution in [-0.2, 0) is 37.6 Å². The number of azide groups is 1. The van der Waals surface area contributed by atoms with Gasteiger partial charge in [-0.25, -0.2) is 22.8 Å². The summed E-state index contributed by atoms with van der Waals surface area (Å²) in [7, 11) is -6.09. The fraction of sp³-hybridized carbons (Fsp3) is 0.344. The van der Waals surface area contributed by atoms with Gasteiger partial charge in [0.25, 0.3) is 5.69 Å². The summed E-state index contributed by atoms with van der Waals surface area (Å²) < 4.78 is 68.1. The minimum atomic E-state index is -6.09. The van der Waals surface area contributed by atoms with E-state index >= 15 is 0 Å². The molecular weight excluding hydrogens is 778 g/mol. The summed E-state index contributed by atoms with van der Waals surface area (Å²) in [5.74, 6) is -2.46. The van der Waals surface area contributed by atoms with Crippen molar-refractivity contribution in [2.45, 2.75) is 51.1 Å². The lowest BCUT2D eigenvalue weighted by Gasteiger charge is -2.46. The van der Waals surface area contributed by atoms with E-state index in [0.29, 0.717) is 45.9 Å². The Labute approximate surface area is 312 Å². The van der Waals surface area contributed by atoms with Gasteiger partial charge in [0.05, 0.1) is 33.4 Å². The van der Waals surface area contributed by atoms with Gasteiger partial charge in [-0.05, 0) is 36.2 Å². The number of pyridine rings is 1. The number of aryl methyl sites for hydroxylation is 1. The Morgan fingerprint density at radius 1 is 1.25 bits per heavy atom. The highest BCUT2D eigenvalue weighted by Crippen LogP contribution is 2.52. The van der Waals surface area contributed by atoms with Gasteiger partial charge < -0.3 is 19.3 Å². The van der Waals surface area contributed by atoms with Crippen LogP contribution in [0.2, 0.25) is 0 Å². The fourth-order valence-corrected chi connectivity index (χ4v) is 7.41. The Bertz CT molecular complexity index is 2350. The van der Waals surface area contributed by atoms with Gasteiger partial charge in [-0.1, -0.05) is 12.0 Å². The molecule has 290 valence electrons. The van der Waals surface area contributed by atoms with Crippen LogP contribution in [-0.4, -0.2) is 79.1 Å². The highest BCUT2D eigenvalue weighted by molar-refractivity contribution is 7.86. The molecule has 1 aromatic carbocycles. The Balaban J connectivity index is 0.000000654. The molecule has 4 atom stereocenters. The number of rotatable bonds is 12. The number of carbonyl (C=O) groups excluding carboxylic acids is 3. The van der Waals surface area contributed by atoms with Gasteiger partial charge in [0.1, 0.15) is 35.7 Å². The summed E-state index contributed by atoms with van der Waals surface area (Å²) in [6.45, 7) is 4.15. The molecule has 1 N–H and O–H groups in total. The number of imidazole rings is 1. The number of carbonyl (C=O) groups is 3. The molecule has 1 unspecified atom stereocenters. The predicted molar refractivity (Wildman–Crippen MR) is 182 cm³/mol. The molecule has 2 aliphatic heterocycles. The van der Waals surface area contributed by atoms with Crippen LogP contribution in [0.1, 0.15) is 46.8 Å². The number of nitro groups is 1. The first-order valence-electron chi connectivity index (χ1n) is 16.0. The monoisotopic (exact) mass is 806 g/mol. The van der Waals surface area contributed by atoms with Crippen molar-refractivity contribution in [2.75, 3.05) is 6.54 Å². The third kappa shape index (κ3) is 8.34. The zero-order valence-corrected chi connectivity index (χ0v) is 30.2. The van der Waals surface area contributed by atoms with E-state index < -0.39 is 44.6 Å². The van der Waals surface area contributed by atoms with Crippen LogP contribution in [0, 0.1) is 22.0 Å². The quantitative estimate of drug-likeness (QED) is 0.0175. The summed E-state index contributed by atoms with van der Waals surface area (Å²) in [6.07, 6.45) is 6.49. The Morgan fingerprint density at radius 2 is 1.93 bits per heavy atom. The van der Waals surface area contributed by atoms with E-state index in [4.69, 9.17) is 23.2 Å². The first-order chi connectivity index (χ1) is 25.8. The van der Waals surface area contributed by atoms with Crippen molar-refractivity contribution in [1.29, 1.82) is 0 Å². The number of nitrogens with zero attached hydrogens (tertiary/aromatic N) is 8. The van der Waals surface area contributed by atoms with E-state index in [9.17, 15) is 42.8 Å². The summed E-state index contributed by atoms with van der Waals surface area (Å²) in [5, 5.41) is 24.9. The number of hydrogen-bond acceptors (Lipinski definition) is 13. The fourth-order valence-electron chi connectivity index (χ4n) is 6.20. The van der Waals surface area contributed by atoms with Gasteiger partial charge in [-0.2, -0.15) is 13.2 Å². The summed E-state index contributed by atoms with van der Waals surface area (Å²) in [4.78, 5) is 60.7. The number of esters is 1. The average molecular weight is 807 g/mol. The number of ether oxygens (including phenoxy) is 1. The van der Waals surface area contributed by atoms with Crippen molar-refractivity contribution in [1.82, 2.24) is 14.3 Å². The van der Waals surface area contributed by atoms with Gasteiger partial charge in [0.2, 0.25) is 11.7 Å². The van der Waals surface area contributed by atoms with Crippen LogP contribution in [0.25, 0.3) is 20.8 Å². The summed E-state index contributed by atoms with van der Waals surface area (Å²) in [6, 6.07) is 8.60. The van der Waals surface area contributed by atoms with Crippen molar-refractivity contribution in [3.63, 3.8) is 0 Å². The number of amides is 1. The second-order valence-corrected chi connectivity index (χ2v) is 14.7. The van der Waals surface area contributed by atoms with Crippen LogP contribution in [0.4, 0.5) is 18.9 Å². The summed E-state index contributed by atoms with van der Waals surface area (Å²) in [5.41, 5.74) is 4.56. The Kier molecular flexibility index (Phi) is 11.7. The van der Waals surface area contributed by atoms with Gasteiger partial charge in [0, 0.05) is 53.8 Å². The molecule has 5 heterocycles. The Morgan fingerprint density at radius 3 is 2.53 bits per heavy atom. The van der Waals surface area contributed by atoms with Crippen molar-refractivity contribution >= 4 is 55.2 Å². The molecule has 6 rings (SSSR count). The molecule has 1 fully saturated rings. The SMILES string of the molecule is C[C@H]1C(c2cn3cnc(C(=O)c4ccc[n+](CCCN=[N+]=[N-])c4)c3s2)=C(C(=O)OCc2ccc([N+](=O)[O-])cc2)N2C(=O)[C@H]([C@@H](C)O)C12.O=S(=O)([O-])C(F)(F)F. The number of hydrogen-bond donors (Lipinski definition) is 1. The highest BCUT2D eigenvalue weighted by atomic mass is 32.2. The number of nitro benzene ring substituents is 1. The van der Waals surface area contributed by atoms with Crippen molar-refractivity contribution in [3.05, 3.63) is 109 Å². The maximum atomic E-state index is 13.7. The third-order valence-corrected chi connectivity index (χ3v) is 10.4. The van der Waals surface area contributed by atoms with Crippen LogP contribution < -0.4 is 4.57 Å². The van der Waals surface area contributed by atoms with Crippen LogP contribution in [0.15, 0.2) is 72.1 Å². The molecule has 18 nitrogen and oxygen atoms in total. The number of non-ortho nitro benzene ring substituents is 1. The van der Waals surface area contributed by atoms with Crippen LogP contribution in [0.5, 0.6) is 0 Å². The third-order valence-electron chi connectivity index (χ3n) is 8.72. The molecular formula is C32H29F3N8O10S2.